The van der Waals surface area contributed by atoms with Crippen LogP contribution < -0.4 is 9.05 Å². The first-order valence-electron chi connectivity index (χ1n) is 6.65. The lowest BCUT2D eigenvalue weighted by Crippen LogP contribution is -2.07. The highest BCUT2D eigenvalue weighted by Crippen LogP contribution is 2.48. The summed E-state index contributed by atoms with van der Waals surface area (Å²) in [4.78, 5) is 11.2. The van der Waals surface area contributed by atoms with Crippen LogP contribution in [0.3, 0.4) is 0 Å². The second-order valence-corrected chi connectivity index (χ2v) is 6.63. The van der Waals surface area contributed by atoms with Crippen LogP contribution >= 0.6 is 7.60 Å². The fourth-order valence-electron chi connectivity index (χ4n) is 1.69. The molecule has 21 heavy (non-hydrogen) atoms. The first kappa shape index (κ1) is 15.3. The minimum Gasteiger partial charge on any atom is -0.416 e. The fraction of sp³-hybridized carbons (Fsp3) is 0.188. The van der Waals surface area contributed by atoms with Crippen molar-refractivity contribution >= 4 is 13.4 Å². The SMILES string of the molecule is CC(=O)CCP(=O)(Oc1ccccc1)Oc1ccccc1. The van der Waals surface area contributed by atoms with Gasteiger partial charge in [-0.3, -0.25) is 0 Å². The highest BCUT2D eigenvalue weighted by atomic mass is 31.2. The van der Waals surface area contributed by atoms with Crippen molar-refractivity contribution in [1.29, 1.82) is 0 Å². The predicted octanol–water partition coefficient (Wildman–Crippen LogP) is 4.32. The van der Waals surface area contributed by atoms with E-state index in [4.69, 9.17) is 9.05 Å². The summed E-state index contributed by atoms with van der Waals surface area (Å²) in [5.41, 5.74) is 0. The van der Waals surface area contributed by atoms with E-state index in [1.807, 2.05) is 12.1 Å². The van der Waals surface area contributed by atoms with E-state index in [1.165, 1.54) is 6.92 Å². The molecule has 0 bridgehead atoms. The highest BCUT2D eigenvalue weighted by molar-refractivity contribution is 7.54. The van der Waals surface area contributed by atoms with Gasteiger partial charge in [-0.1, -0.05) is 36.4 Å². The molecule has 4 nitrogen and oxygen atoms in total. The van der Waals surface area contributed by atoms with E-state index in [0.29, 0.717) is 11.5 Å². The van der Waals surface area contributed by atoms with Gasteiger partial charge in [0.2, 0.25) is 0 Å². The zero-order valence-corrected chi connectivity index (χ0v) is 12.7. The first-order valence-corrected chi connectivity index (χ1v) is 8.38. The van der Waals surface area contributed by atoms with E-state index in [-0.39, 0.29) is 18.4 Å². The third-order valence-electron chi connectivity index (χ3n) is 2.71. The minimum atomic E-state index is -3.44. The Balaban J connectivity index is 2.17. The van der Waals surface area contributed by atoms with Crippen LogP contribution in [0.1, 0.15) is 13.3 Å². The van der Waals surface area contributed by atoms with Crippen molar-refractivity contribution < 1.29 is 18.4 Å². The molecular formula is C16H17O4P. The van der Waals surface area contributed by atoms with Crippen molar-refractivity contribution in [1.82, 2.24) is 0 Å². The summed E-state index contributed by atoms with van der Waals surface area (Å²) >= 11 is 0. The number of carbonyl (C=O) groups excluding carboxylic acids is 1. The van der Waals surface area contributed by atoms with Gasteiger partial charge in [-0.2, -0.15) is 0 Å². The summed E-state index contributed by atoms with van der Waals surface area (Å²) in [5.74, 6) is 0.865. The lowest BCUT2D eigenvalue weighted by Gasteiger charge is -2.19. The van der Waals surface area contributed by atoms with Gasteiger partial charge in [0, 0.05) is 6.42 Å². The summed E-state index contributed by atoms with van der Waals surface area (Å²) in [6, 6.07) is 17.6. The van der Waals surface area contributed by atoms with Gasteiger partial charge >= 0.3 is 7.60 Å². The number of ketones is 1. The van der Waals surface area contributed by atoms with Crippen molar-refractivity contribution in [3.8, 4) is 11.5 Å². The Labute approximate surface area is 124 Å². The van der Waals surface area contributed by atoms with Crippen molar-refractivity contribution in [2.45, 2.75) is 13.3 Å². The zero-order chi connectivity index (χ0) is 15.1. The molecule has 0 fully saturated rings. The van der Waals surface area contributed by atoms with Crippen molar-refractivity contribution in [3.63, 3.8) is 0 Å². The monoisotopic (exact) mass is 304 g/mol. The Morgan fingerprint density at radius 2 is 1.33 bits per heavy atom. The van der Waals surface area contributed by atoms with Crippen LogP contribution in [0.15, 0.2) is 60.7 Å². The molecule has 0 amide bonds. The number of para-hydroxylation sites is 2. The van der Waals surface area contributed by atoms with Gasteiger partial charge in [0.1, 0.15) is 17.3 Å². The van der Waals surface area contributed by atoms with Crippen LogP contribution in [0, 0.1) is 0 Å². The van der Waals surface area contributed by atoms with E-state index in [1.54, 1.807) is 48.5 Å². The zero-order valence-electron chi connectivity index (χ0n) is 11.8. The molecule has 0 saturated heterocycles. The molecule has 0 spiro atoms. The fourth-order valence-corrected chi connectivity index (χ4v) is 3.38. The molecule has 0 heterocycles. The largest absolute Gasteiger partial charge is 0.431 e. The van der Waals surface area contributed by atoms with Gasteiger partial charge in [-0.25, -0.2) is 4.57 Å². The number of benzene rings is 2. The maximum Gasteiger partial charge on any atom is 0.431 e. The summed E-state index contributed by atoms with van der Waals surface area (Å²) in [7, 11) is -3.44. The molecule has 0 aliphatic heterocycles. The van der Waals surface area contributed by atoms with E-state index < -0.39 is 7.60 Å². The second-order valence-electron chi connectivity index (χ2n) is 4.60. The van der Waals surface area contributed by atoms with Gasteiger partial charge in [0.05, 0.1) is 6.16 Å². The molecule has 2 rings (SSSR count). The molecule has 0 radical (unpaired) electrons. The Morgan fingerprint density at radius 3 is 1.71 bits per heavy atom. The highest BCUT2D eigenvalue weighted by Gasteiger charge is 2.28. The van der Waals surface area contributed by atoms with Gasteiger partial charge in [0.25, 0.3) is 0 Å². The molecule has 2 aromatic rings. The first-order chi connectivity index (χ1) is 10.1. The number of hydrogen-bond acceptors (Lipinski definition) is 4. The summed E-state index contributed by atoms with van der Waals surface area (Å²) in [6.45, 7) is 1.45. The quantitative estimate of drug-likeness (QED) is 0.715. The molecule has 0 saturated carbocycles. The normalized spacial score (nSPS) is 10.9. The molecular weight excluding hydrogens is 287 g/mol. The molecule has 5 heteroatoms. The Bertz CT molecular complexity index is 580. The lowest BCUT2D eigenvalue weighted by atomic mass is 10.3. The number of Topliss-reactive ketones (excluding diaryl/α,β-unsaturated/α-hetero) is 1. The summed E-state index contributed by atoms with van der Waals surface area (Å²) in [5, 5.41) is 0. The molecule has 110 valence electrons. The molecule has 2 aromatic carbocycles. The predicted molar refractivity (Wildman–Crippen MR) is 81.9 cm³/mol. The van der Waals surface area contributed by atoms with Crippen LogP contribution in [0.5, 0.6) is 11.5 Å². The smallest absolute Gasteiger partial charge is 0.416 e. The number of carbonyl (C=O) groups is 1. The van der Waals surface area contributed by atoms with Gasteiger partial charge < -0.3 is 13.8 Å². The molecule has 0 aromatic heterocycles. The van der Waals surface area contributed by atoms with Crippen molar-refractivity contribution in [2.75, 3.05) is 6.16 Å². The van der Waals surface area contributed by atoms with Gasteiger partial charge in [0.15, 0.2) is 0 Å². The Hall–Kier alpha value is -2.06. The molecule has 0 unspecified atom stereocenters. The van der Waals surface area contributed by atoms with Crippen LogP contribution in [0.25, 0.3) is 0 Å². The van der Waals surface area contributed by atoms with Crippen LogP contribution in [0.2, 0.25) is 0 Å². The van der Waals surface area contributed by atoms with E-state index in [0.717, 1.165) is 0 Å². The van der Waals surface area contributed by atoms with Gasteiger partial charge in [-0.05, 0) is 31.2 Å². The van der Waals surface area contributed by atoms with Crippen molar-refractivity contribution in [3.05, 3.63) is 60.7 Å². The standard InChI is InChI=1S/C16H17O4P/c1-14(17)12-13-21(18,19-15-8-4-2-5-9-15)20-16-10-6-3-7-11-16/h2-11H,12-13H2,1H3. The van der Waals surface area contributed by atoms with Gasteiger partial charge in [-0.15, -0.1) is 0 Å². The van der Waals surface area contributed by atoms with Crippen molar-refractivity contribution in [2.24, 2.45) is 0 Å². The topological polar surface area (TPSA) is 52.6 Å². The lowest BCUT2D eigenvalue weighted by molar-refractivity contribution is -0.116. The summed E-state index contributed by atoms with van der Waals surface area (Å²) in [6.07, 6.45) is 0.197. The Kier molecular flexibility index (Phi) is 5.18. The number of hydrogen-bond donors (Lipinski definition) is 0. The molecule has 0 N–H and O–H groups in total. The minimum absolute atomic E-state index is 0.0477. The Morgan fingerprint density at radius 1 is 0.905 bits per heavy atom. The molecule has 0 aliphatic rings. The maximum absolute atomic E-state index is 12.9. The summed E-state index contributed by atoms with van der Waals surface area (Å²) < 4.78 is 23.9. The second kappa shape index (κ2) is 7.09. The number of rotatable bonds is 7. The third-order valence-corrected chi connectivity index (χ3v) is 4.46. The average molecular weight is 304 g/mol. The molecule has 0 aliphatic carbocycles. The van der Waals surface area contributed by atoms with Crippen LogP contribution in [-0.4, -0.2) is 11.9 Å². The third kappa shape index (κ3) is 5.09. The molecule has 0 atom stereocenters. The van der Waals surface area contributed by atoms with E-state index in [9.17, 15) is 9.36 Å². The maximum atomic E-state index is 12.9. The average Bonchev–Trinajstić information content (AvgIpc) is 2.47. The van der Waals surface area contributed by atoms with E-state index in [2.05, 4.69) is 0 Å². The van der Waals surface area contributed by atoms with Crippen LogP contribution in [0.4, 0.5) is 0 Å². The van der Waals surface area contributed by atoms with Crippen LogP contribution in [-0.2, 0) is 9.36 Å². The van der Waals surface area contributed by atoms with E-state index >= 15 is 0 Å².